The van der Waals surface area contributed by atoms with Crippen molar-refractivity contribution in [1.29, 1.82) is 0 Å². The summed E-state index contributed by atoms with van der Waals surface area (Å²) in [5.74, 6) is -2.30. The molecule has 1 unspecified atom stereocenters. The van der Waals surface area contributed by atoms with Gasteiger partial charge in [-0.15, -0.1) is 0 Å². The van der Waals surface area contributed by atoms with Gasteiger partial charge in [0, 0.05) is 6.21 Å². The van der Waals surface area contributed by atoms with Gasteiger partial charge < -0.3 is 5.11 Å². The second-order valence-corrected chi connectivity index (χ2v) is 5.88. The first-order chi connectivity index (χ1) is 13.3. The average molecular weight is 419 g/mol. The van der Waals surface area contributed by atoms with Crippen molar-refractivity contribution >= 4 is 12.2 Å². The minimum atomic E-state index is -5.07. The summed E-state index contributed by atoms with van der Waals surface area (Å²) in [6.45, 7) is 3.33. The van der Waals surface area contributed by atoms with Gasteiger partial charge in [-0.25, -0.2) is 9.18 Å². The summed E-state index contributed by atoms with van der Waals surface area (Å²) in [7, 11) is 0. The van der Waals surface area contributed by atoms with Crippen LogP contribution in [0.4, 0.5) is 30.7 Å². The van der Waals surface area contributed by atoms with Crippen molar-refractivity contribution in [3.63, 3.8) is 0 Å². The van der Waals surface area contributed by atoms with E-state index in [4.69, 9.17) is 0 Å². The van der Waals surface area contributed by atoms with Crippen LogP contribution < -0.4 is 0 Å². The number of halogens is 7. The summed E-state index contributed by atoms with van der Waals surface area (Å²) < 4.78 is 90.8. The highest BCUT2D eigenvalue weighted by molar-refractivity contribution is 5.89. The molecule has 2 rings (SSSR count). The summed E-state index contributed by atoms with van der Waals surface area (Å²) in [4.78, 5) is 15.5. The molecule has 0 radical (unpaired) electrons. The molecule has 0 spiro atoms. The maximum absolute atomic E-state index is 13.1. The lowest BCUT2D eigenvalue weighted by Gasteiger charge is -2.22. The van der Waals surface area contributed by atoms with Crippen molar-refractivity contribution < 1.29 is 40.6 Å². The molecule has 0 aliphatic carbocycles. The van der Waals surface area contributed by atoms with Crippen LogP contribution in [0.3, 0.4) is 0 Å². The Balaban J connectivity index is 2.63. The minimum Gasteiger partial charge on any atom is -0.479 e. The molecule has 0 saturated heterocycles. The molecule has 154 valence electrons. The Morgan fingerprint density at radius 1 is 0.897 bits per heavy atom. The third kappa shape index (κ3) is 4.82. The van der Waals surface area contributed by atoms with Crippen molar-refractivity contribution in [2.24, 2.45) is 4.99 Å². The summed E-state index contributed by atoms with van der Waals surface area (Å²) in [6, 6.07) is 4.73. The van der Waals surface area contributed by atoms with Gasteiger partial charge >= 0.3 is 18.3 Å². The quantitative estimate of drug-likeness (QED) is 0.398. The number of hydrogen-bond acceptors (Lipinski definition) is 2. The molecule has 0 amide bonds. The first kappa shape index (κ1) is 22.1. The zero-order valence-electron chi connectivity index (χ0n) is 14.4. The van der Waals surface area contributed by atoms with Gasteiger partial charge in [0.2, 0.25) is 0 Å². The summed E-state index contributed by atoms with van der Waals surface area (Å²) in [5, 5.41) is 9.55. The molecule has 2 aromatic rings. The molecule has 10 heteroatoms. The Morgan fingerprint density at radius 3 is 1.76 bits per heavy atom. The van der Waals surface area contributed by atoms with Crippen molar-refractivity contribution in [2.75, 3.05) is 0 Å². The van der Waals surface area contributed by atoms with Crippen LogP contribution in [0.25, 0.3) is 0 Å². The molecule has 0 saturated carbocycles. The molecular formula is C19H12F7NO2. The molecule has 0 aromatic heterocycles. The Morgan fingerprint density at radius 2 is 1.38 bits per heavy atom. The van der Waals surface area contributed by atoms with E-state index in [-0.39, 0.29) is 11.6 Å². The van der Waals surface area contributed by atoms with Crippen LogP contribution in [0, 0.1) is 5.82 Å². The number of carboxylic acid groups (broad SMARTS) is 1. The molecular weight excluding hydrogens is 407 g/mol. The smallest absolute Gasteiger partial charge is 0.416 e. The van der Waals surface area contributed by atoms with Crippen molar-refractivity contribution in [2.45, 2.75) is 17.9 Å². The van der Waals surface area contributed by atoms with E-state index in [1.54, 1.807) is 0 Å². The average Bonchev–Trinajstić information content (AvgIpc) is 2.62. The fourth-order valence-corrected chi connectivity index (χ4v) is 2.44. The molecule has 0 fully saturated rings. The number of nitrogens with zero attached hydrogens (tertiary/aromatic N) is 1. The van der Waals surface area contributed by atoms with E-state index in [9.17, 15) is 40.6 Å². The van der Waals surface area contributed by atoms with Crippen LogP contribution in [0.5, 0.6) is 0 Å². The van der Waals surface area contributed by atoms with Crippen LogP contribution in [0.15, 0.2) is 60.1 Å². The van der Waals surface area contributed by atoms with Gasteiger partial charge in [-0.3, -0.25) is 4.99 Å². The Bertz CT molecular complexity index is 914. The topological polar surface area (TPSA) is 49.7 Å². The second-order valence-electron chi connectivity index (χ2n) is 5.88. The molecule has 0 bridgehead atoms. The van der Waals surface area contributed by atoms with Gasteiger partial charge in [-0.05, 0) is 47.5 Å². The van der Waals surface area contributed by atoms with Crippen molar-refractivity contribution in [3.05, 3.63) is 83.2 Å². The first-order valence-electron chi connectivity index (χ1n) is 7.77. The molecule has 0 aliphatic heterocycles. The Kier molecular flexibility index (Phi) is 5.86. The lowest BCUT2D eigenvalue weighted by atomic mass is 9.90. The summed E-state index contributed by atoms with van der Waals surface area (Å²) in [5.41, 5.74) is -6.12. The highest BCUT2D eigenvalue weighted by atomic mass is 19.4. The van der Waals surface area contributed by atoms with Crippen molar-refractivity contribution in [3.8, 4) is 0 Å². The van der Waals surface area contributed by atoms with Gasteiger partial charge in [0.25, 0.3) is 0 Å². The molecule has 3 nitrogen and oxygen atoms in total. The van der Waals surface area contributed by atoms with Crippen LogP contribution in [0.2, 0.25) is 0 Å². The molecule has 29 heavy (non-hydrogen) atoms. The molecule has 0 aliphatic rings. The number of benzene rings is 2. The molecule has 1 atom stereocenters. The van der Waals surface area contributed by atoms with E-state index in [0.29, 0.717) is 18.3 Å². The van der Waals surface area contributed by atoms with Gasteiger partial charge in [0.1, 0.15) is 5.82 Å². The standard InChI is InChI=1S/C19H12F7NO2/c1-2-17(16(28)29,12-3-5-15(20)6-4-12)27-10-11-7-13(18(21,22)23)9-14(8-11)19(24,25)26/h2-10H,1H2,(H,28,29). The fraction of sp³-hybridized carbons (Fsp3) is 0.158. The molecule has 1 N–H and O–H groups in total. The van der Waals surface area contributed by atoms with E-state index in [1.165, 1.54) is 0 Å². The van der Waals surface area contributed by atoms with Crippen LogP contribution in [0.1, 0.15) is 22.3 Å². The SMILES string of the molecule is C=CC(N=Cc1cc(C(F)(F)F)cc(C(F)(F)F)c1)(C(=O)O)c1ccc(F)cc1. The predicted molar refractivity (Wildman–Crippen MR) is 90.0 cm³/mol. The van der Waals surface area contributed by atoms with Gasteiger partial charge in [0.05, 0.1) is 11.1 Å². The lowest BCUT2D eigenvalue weighted by Crippen LogP contribution is -2.31. The van der Waals surface area contributed by atoms with Crippen LogP contribution in [-0.4, -0.2) is 17.3 Å². The molecule has 0 heterocycles. The number of aliphatic imine (C=N–C) groups is 1. The van der Waals surface area contributed by atoms with Gasteiger partial charge in [-0.1, -0.05) is 18.7 Å². The minimum absolute atomic E-state index is 0.0603. The fourth-order valence-electron chi connectivity index (χ4n) is 2.44. The number of carbonyl (C=O) groups is 1. The zero-order chi connectivity index (χ0) is 22.0. The van der Waals surface area contributed by atoms with E-state index in [2.05, 4.69) is 11.6 Å². The lowest BCUT2D eigenvalue weighted by molar-refractivity contribution is -0.143. The van der Waals surface area contributed by atoms with Crippen LogP contribution in [-0.2, 0) is 22.7 Å². The maximum Gasteiger partial charge on any atom is 0.416 e. The van der Waals surface area contributed by atoms with E-state index >= 15 is 0 Å². The van der Waals surface area contributed by atoms with E-state index in [0.717, 1.165) is 30.3 Å². The number of aliphatic carboxylic acids is 1. The first-order valence-corrected chi connectivity index (χ1v) is 7.77. The summed E-state index contributed by atoms with van der Waals surface area (Å²) >= 11 is 0. The predicted octanol–water partition coefficient (Wildman–Crippen LogP) is 5.45. The highest BCUT2D eigenvalue weighted by Gasteiger charge is 2.38. The number of rotatable bonds is 5. The zero-order valence-corrected chi connectivity index (χ0v) is 14.4. The monoisotopic (exact) mass is 419 g/mol. The largest absolute Gasteiger partial charge is 0.479 e. The third-order valence-electron chi connectivity index (χ3n) is 3.93. The highest BCUT2D eigenvalue weighted by Crippen LogP contribution is 2.36. The Labute approximate surface area is 159 Å². The Hall–Kier alpha value is -3.17. The number of carboxylic acids is 1. The van der Waals surface area contributed by atoms with E-state index in [1.807, 2.05) is 0 Å². The van der Waals surface area contributed by atoms with E-state index < -0.39 is 46.4 Å². The van der Waals surface area contributed by atoms with Gasteiger partial charge in [0.15, 0.2) is 5.54 Å². The molecule has 2 aromatic carbocycles. The summed E-state index contributed by atoms with van der Waals surface area (Å²) in [6.07, 6.45) is -8.73. The number of hydrogen-bond donors (Lipinski definition) is 1. The second kappa shape index (κ2) is 7.69. The van der Waals surface area contributed by atoms with Crippen molar-refractivity contribution in [1.82, 2.24) is 0 Å². The maximum atomic E-state index is 13.1. The number of alkyl halides is 6. The van der Waals surface area contributed by atoms with Gasteiger partial charge in [-0.2, -0.15) is 26.3 Å². The normalized spacial score (nSPS) is 14.6. The third-order valence-corrected chi connectivity index (χ3v) is 3.93. The van der Waals surface area contributed by atoms with Crippen LogP contribution >= 0.6 is 0 Å².